The third kappa shape index (κ3) is 11.5. The van der Waals surface area contributed by atoms with Crippen molar-refractivity contribution in [2.75, 3.05) is 0 Å². The van der Waals surface area contributed by atoms with Crippen LogP contribution < -0.4 is 0 Å². The maximum absolute atomic E-state index is 10.9. The van der Waals surface area contributed by atoms with Crippen LogP contribution in [-0.4, -0.2) is 12.1 Å². The fraction of sp³-hybridized carbons (Fsp3) is 0.409. The second kappa shape index (κ2) is 14.5. The Labute approximate surface area is 147 Å². The zero-order chi connectivity index (χ0) is 17.3. The first-order chi connectivity index (χ1) is 11.8. The Balaban J connectivity index is 2.00. The molecule has 0 aliphatic carbocycles. The Kier molecular flexibility index (Phi) is 12.1. The summed E-state index contributed by atoms with van der Waals surface area (Å²) in [6.45, 7) is 2.15. The van der Waals surface area contributed by atoms with Crippen LogP contribution in [0.2, 0.25) is 0 Å². The van der Waals surface area contributed by atoms with Crippen molar-refractivity contribution in [3.8, 4) is 0 Å². The zero-order valence-electron chi connectivity index (χ0n) is 14.8. The van der Waals surface area contributed by atoms with Gasteiger partial charge in [-0.3, -0.25) is 4.79 Å². The van der Waals surface area contributed by atoms with Crippen LogP contribution in [0, 0.1) is 0 Å². The van der Waals surface area contributed by atoms with Crippen molar-refractivity contribution in [1.82, 2.24) is 0 Å². The monoisotopic (exact) mass is 326 g/mol. The Morgan fingerprint density at radius 1 is 0.833 bits per heavy atom. The van der Waals surface area contributed by atoms with E-state index in [0.29, 0.717) is 6.42 Å². The average Bonchev–Trinajstić information content (AvgIpc) is 3.00. The predicted molar refractivity (Wildman–Crippen MR) is 103 cm³/mol. The maximum atomic E-state index is 10.9. The molecule has 0 N–H and O–H groups in total. The van der Waals surface area contributed by atoms with Crippen molar-refractivity contribution in [3.05, 3.63) is 72.9 Å². The highest BCUT2D eigenvalue weighted by molar-refractivity contribution is 5.71. The minimum atomic E-state index is -0.0894. The van der Waals surface area contributed by atoms with Gasteiger partial charge in [-0.1, -0.05) is 73.8 Å². The first-order valence-corrected chi connectivity index (χ1v) is 8.95. The number of esters is 1. The van der Waals surface area contributed by atoms with Crippen LogP contribution in [0.5, 0.6) is 0 Å². The molecule has 2 heteroatoms. The van der Waals surface area contributed by atoms with E-state index < -0.39 is 0 Å². The van der Waals surface area contributed by atoms with E-state index in [2.05, 4.69) is 61.6 Å². The van der Waals surface area contributed by atoms with Gasteiger partial charge >= 0.3 is 5.97 Å². The van der Waals surface area contributed by atoms with Gasteiger partial charge in [-0.05, 0) is 44.6 Å². The Bertz CT molecular complexity index is 504. The summed E-state index contributed by atoms with van der Waals surface area (Å²) >= 11 is 0. The first kappa shape index (κ1) is 20.0. The van der Waals surface area contributed by atoms with Gasteiger partial charge in [0.15, 0.2) is 0 Å². The molecular formula is C22H30O2. The standard InChI is InChI=1S/C22H30O2/c1-2-3-4-5-6-7-8-9-10-11-12-13-14-15-16-17-18-21-19-20-22(23)24-21/h3-4,6-7,9-10,12-13,15-18,21H,2,5,8,11,14,19-20H2,1H3/t21-/m1/s1. The van der Waals surface area contributed by atoms with Gasteiger partial charge in [-0.25, -0.2) is 0 Å². The van der Waals surface area contributed by atoms with E-state index in [9.17, 15) is 4.79 Å². The van der Waals surface area contributed by atoms with Crippen molar-refractivity contribution in [2.45, 2.75) is 58.0 Å². The van der Waals surface area contributed by atoms with Crippen LogP contribution in [0.15, 0.2) is 72.9 Å². The molecular weight excluding hydrogens is 296 g/mol. The van der Waals surface area contributed by atoms with E-state index >= 15 is 0 Å². The highest BCUT2D eigenvalue weighted by atomic mass is 16.5. The van der Waals surface area contributed by atoms with Crippen LogP contribution in [0.3, 0.4) is 0 Å². The summed E-state index contributed by atoms with van der Waals surface area (Å²) in [4.78, 5) is 10.9. The number of hydrogen-bond acceptors (Lipinski definition) is 2. The largest absolute Gasteiger partial charge is 0.458 e. The highest BCUT2D eigenvalue weighted by Crippen LogP contribution is 2.14. The van der Waals surface area contributed by atoms with Crippen LogP contribution in [0.25, 0.3) is 0 Å². The van der Waals surface area contributed by atoms with Gasteiger partial charge in [0, 0.05) is 6.42 Å². The summed E-state index contributed by atoms with van der Waals surface area (Å²) in [5.41, 5.74) is 0. The number of cyclic esters (lactones) is 1. The van der Waals surface area contributed by atoms with E-state index in [1.807, 2.05) is 18.2 Å². The second-order valence-electron chi connectivity index (χ2n) is 5.62. The third-order valence-corrected chi connectivity index (χ3v) is 3.48. The van der Waals surface area contributed by atoms with Gasteiger partial charge in [0.2, 0.25) is 0 Å². The molecule has 130 valence electrons. The van der Waals surface area contributed by atoms with Crippen molar-refractivity contribution in [2.24, 2.45) is 0 Å². The van der Waals surface area contributed by atoms with E-state index in [1.54, 1.807) is 0 Å². The summed E-state index contributed by atoms with van der Waals surface area (Å²) in [7, 11) is 0. The quantitative estimate of drug-likeness (QED) is 0.264. The van der Waals surface area contributed by atoms with E-state index in [0.717, 1.165) is 38.5 Å². The molecule has 0 aromatic rings. The Hall–Kier alpha value is -2.09. The van der Waals surface area contributed by atoms with Crippen molar-refractivity contribution < 1.29 is 9.53 Å². The van der Waals surface area contributed by atoms with E-state index in [1.165, 1.54) is 0 Å². The van der Waals surface area contributed by atoms with Gasteiger partial charge < -0.3 is 4.74 Å². The van der Waals surface area contributed by atoms with Crippen molar-refractivity contribution >= 4 is 5.97 Å². The molecule has 1 atom stereocenters. The SMILES string of the molecule is CCC=CCC=CCC=CCC=CCC=CC=C[C@@H]1CCC(=O)O1. The van der Waals surface area contributed by atoms with Gasteiger partial charge in [-0.15, -0.1) is 0 Å². The minimum Gasteiger partial charge on any atom is -0.458 e. The lowest BCUT2D eigenvalue weighted by Crippen LogP contribution is -2.01. The van der Waals surface area contributed by atoms with E-state index in [-0.39, 0.29) is 12.1 Å². The third-order valence-electron chi connectivity index (χ3n) is 3.48. The molecule has 24 heavy (non-hydrogen) atoms. The maximum Gasteiger partial charge on any atom is 0.306 e. The van der Waals surface area contributed by atoms with E-state index in [4.69, 9.17) is 4.74 Å². The molecule has 2 nitrogen and oxygen atoms in total. The molecule has 0 spiro atoms. The summed E-state index contributed by atoms with van der Waals surface area (Å²) in [6.07, 6.45) is 31.9. The Morgan fingerprint density at radius 3 is 1.88 bits per heavy atom. The molecule has 1 aliphatic rings. The lowest BCUT2D eigenvalue weighted by atomic mass is 10.2. The topological polar surface area (TPSA) is 26.3 Å². The number of carbonyl (C=O) groups is 1. The number of hydrogen-bond donors (Lipinski definition) is 0. The molecule has 0 saturated carbocycles. The lowest BCUT2D eigenvalue weighted by Gasteiger charge is -1.99. The molecule has 0 radical (unpaired) electrons. The van der Waals surface area contributed by atoms with Crippen LogP contribution in [0.4, 0.5) is 0 Å². The summed E-state index contributed by atoms with van der Waals surface area (Å²) < 4.78 is 5.10. The number of rotatable bonds is 11. The second-order valence-corrected chi connectivity index (χ2v) is 5.62. The molecule has 1 fully saturated rings. The smallest absolute Gasteiger partial charge is 0.306 e. The van der Waals surface area contributed by atoms with Gasteiger partial charge in [0.1, 0.15) is 6.10 Å². The van der Waals surface area contributed by atoms with Gasteiger partial charge in [-0.2, -0.15) is 0 Å². The molecule has 0 amide bonds. The lowest BCUT2D eigenvalue weighted by molar-refractivity contribution is -0.139. The molecule has 0 bridgehead atoms. The van der Waals surface area contributed by atoms with Crippen LogP contribution in [0.1, 0.15) is 51.9 Å². The Morgan fingerprint density at radius 2 is 1.38 bits per heavy atom. The zero-order valence-corrected chi connectivity index (χ0v) is 14.8. The van der Waals surface area contributed by atoms with Crippen LogP contribution in [-0.2, 0) is 9.53 Å². The molecule has 1 saturated heterocycles. The average molecular weight is 326 g/mol. The van der Waals surface area contributed by atoms with Gasteiger partial charge in [0.25, 0.3) is 0 Å². The first-order valence-electron chi connectivity index (χ1n) is 8.95. The normalized spacial score (nSPS) is 19.4. The predicted octanol–water partition coefficient (Wildman–Crippen LogP) is 6.00. The molecule has 0 aromatic heterocycles. The van der Waals surface area contributed by atoms with Crippen LogP contribution >= 0.6 is 0 Å². The fourth-order valence-electron chi connectivity index (χ4n) is 2.18. The van der Waals surface area contributed by atoms with Crippen molar-refractivity contribution in [1.29, 1.82) is 0 Å². The number of carbonyl (C=O) groups excluding carboxylic acids is 1. The summed E-state index contributed by atoms with van der Waals surface area (Å²) in [6, 6.07) is 0. The molecule has 0 unspecified atom stereocenters. The molecule has 1 heterocycles. The molecule has 1 aliphatic heterocycles. The van der Waals surface area contributed by atoms with Gasteiger partial charge in [0.05, 0.1) is 0 Å². The minimum absolute atomic E-state index is 0.0282. The van der Waals surface area contributed by atoms with Crippen molar-refractivity contribution in [3.63, 3.8) is 0 Å². The highest BCUT2D eigenvalue weighted by Gasteiger charge is 2.19. The molecule has 0 aromatic carbocycles. The summed E-state index contributed by atoms with van der Waals surface area (Å²) in [5.74, 6) is -0.0894. The summed E-state index contributed by atoms with van der Waals surface area (Å²) in [5, 5.41) is 0. The fourth-order valence-corrected chi connectivity index (χ4v) is 2.18. The number of ether oxygens (including phenoxy) is 1. The molecule has 1 rings (SSSR count). The number of allylic oxidation sites excluding steroid dienone is 11.